The molecule has 0 aliphatic rings. The van der Waals surface area contributed by atoms with E-state index >= 15 is 0 Å². The summed E-state index contributed by atoms with van der Waals surface area (Å²) < 4.78 is 0. The van der Waals surface area contributed by atoms with E-state index in [0.29, 0.717) is 12.8 Å². The van der Waals surface area contributed by atoms with Crippen molar-refractivity contribution >= 4 is 6.21 Å². The molecule has 1 N–H and O–H groups in total. The molecule has 0 amide bonds. The third-order valence-corrected chi connectivity index (χ3v) is 0.840. The fraction of sp³-hybridized carbons (Fsp3) is 0.667. The van der Waals surface area contributed by atoms with Crippen LogP contribution in [0.2, 0.25) is 0 Å². The second kappa shape index (κ2) is 6.16. The monoisotopic (exact) mass is 109 g/mol. The summed E-state index contributed by atoms with van der Waals surface area (Å²) in [4.78, 5) is 0. The van der Waals surface area contributed by atoms with Gasteiger partial charge in [-0.2, -0.15) is 5.26 Å². The average molecular weight is 109 g/mol. The summed E-state index contributed by atoms with van der Waals surface area (Å²) in [5.41, 5.74) is 0. The lowest BCUT2D eigenvalue weighted by Crippen LogP contribution is -1.74. The molecule has 0 aliphatic carbocycles. The van der Waals surface area contributed by atoms with E-state index in [4.69, 9.17) is 10.7 Å². The molecule has 0 aliphatic heterocycles. The van der Waals surface area contributed by atoms with E-state index in [-0.39, 0.29) is 0 Å². The number of unbranched alkanes of at least 4 members (excludes halogenated alkanes) is 3. The van der Waals surface area contributed by atoms with Gasteiger partial charge in [-0.1, -0.05) is 0 Å². The minimum Gasteiger partial charge on any atom is -0.303 e. The Balaban J connectivity index is 2.74. The lowest BCUT2D eigenvalue weighted by atomic mass is 10.2. The fourth-order valence-corrected chi connectivity index (χ4v) is 0.417. The van der Waals surface area contributed by atoms with Crippen molar-refractivity contribution in [2.24, 2.45) is 0 Å². The molecule has 0 atom stereocenters. The Kier molecular flexibility index (Phi) is 5.51. The zero-order valence-corrected chi connectivity index (χ0v) is 4.78. The Morgan fingerprint density at radius 2 is 1.88 bits per heavy atom. The molecule has 0 saturated heterocycles. The van der Waals surface area contributed by atoms with Crippen LogP contribution in [0, 0.1) is 16.7 Å². The van der Waals surface area contributed by atoms with Crippen molar-refractivity contribution in [3.63, 3.8) is 0 Å². The van der Waals surface area contributed by atoms with Crippen molar-refractivity contribution in [1.29, 1.82) is 10.7 Å². The molecule has 0 bridgehead atoms. The maximum absolute atomic E-state index is 8.05. The molecule has 0 unspecified atom stereocenters. The van der Waals surface area contributed by atoms with Crippen LogP contribution in [-0.4, -0.2) is 6.21 Å². The number of hydrogen-bond acceptors (Lipinski definition) is 2. The molecular formula is C6H9N2. The van der Waals surface area contributed by atoms with Crippen molar-refractivity contribution in [3.05, 3.63) is 0 Å². The summed E-state index contributed by atoms with van der Waals surface area (Å²) >= 11 is 0. The summed E-state index contributed by atoms with van der Waals surface area (Å²) in [6.45, 7) is 0. The number of nitrogens with zero attached hydrogens (tertiary/aromatic N) is 1. The third-order valence-electron chi connectivity index (χ3n) is 0.840. The fourth-order valence-electron chi connectivity index (χ4n) is 0.417. The number of nitrogens with one attached hydrogen (secondary N) is 1. The first kappa shape index (κ1) is 7.16. The highest BCUT2D eigenvalue weighted by Gasteiger charge is 1.82. The molecule has 0 rings (SSSR count). The van der Waals surface area contributed by atoms with Gasteiger partial charge in [-0.25, -0.2) is 0 Å². The number of rotatable bonds is 4. The minimum absolute atomic E-state index is 0.613. The lowest BCUT2D eigenvalue weighted by molar-refractivity contribution is 0.788. The second-order valence-electron chi connectivity index (χ2n) is 1.54. The minimum atomic E-state index is 0.613. The first-order chi connectivity index (χ1) is 3.91. The van der Waals surface area contributed by atoms with Gasteiger partial charge in [0.1, 0.15) is 0 Å². The van der Waals surface area contributed by atoms with Crippen LogP contribution in [0.25, 0.3) is 0 Å². The molecule has 2 nitrogen and oxygen atoms in total. The van der Waals surface area contributed by atoms with Crippen LogP contribution in [0.3, 0.4) is 0 Å². The number of nitriles is 1. The van der Waals surface area contributed by atoms with Crippen molar-refractivity contribution < 1.29 is 0 Å². The van der Waals surface area contributed by atoms with Crippen molar-refractivity contribution in [3.8, 4) is 6.07 Å². The maximum Gasteiger partial charge on any atom is 0.0621 e. The van der Waals surface area contributed by atoms with Crippen LogP contribution < -0.4 is 0 Å². The summed E-state index contributed by atoms with van der Waals surface area (Å²) in [5, 5.41) is 14.6. The molecule has 0 fully saturated rings. The molecule has 2 heteroatoms. The Morgan fingerprint density at radius 3 is 2.38 bits per heavy atom. The van der Waals surface area contributed by atoms with Gasteiger partial charge in [-0.3, -0.25) is 0 Å². The largest absolute Gasteiger partial charge is 0.303 e. The summed E-state index contributed by atoms with van der Waals surface area (Å²) in [6.07, 6.45) is 5.41. The molecular weight excluding hydrogens is 100 g/mol. The van der Waals surface area contributed by atoms with Crippen molar-refractivity contribution in [1.82, 2.24) is 0 Å². The highest BCUT2D eigenvalue weighted by Crippen LogP contribution is 1.94. The van der Waals surface area contributed by atoms with Crippen LogP contribution in [0.5, 0.6) is 0 Å². The van der Waals surface area contributed by atoms with Crippen molar-refractivity contribution in [2.75, 3.05) is 0 Å². The normalized spacial score (nSPS) is 7.88. The van der Waals surface area contributed by atoms with Gasteiger partial charge in [0.05, 0.1) is 12.3 Å². The van der Waals surface area contributed by atoms with E-state index in [1.807, 2.05) is 6.07 Å². The Morgan fingerprint density at radius 1 is 1.25 bits per heavy atom. The molecule has 43 valence electrons. The SMILES string of the molecule is N#CCCCC[C]=N. The van der Waals surface area contributed by atoms with Crippen LogP contribution in [0.1, 0.15) is 25.7 Å². The van der Waals surface area contributed by atoms with E-state index in [2.05, 4.69) is 6.21 Å². The van der Waals surface area contributed by atoms with Crippen molar-refractivity contribution in [2.45, 2.75) is 25.7 Å². The topological polar surface area (TPSA) is 47.6 Å². The first-order valence-electron chi connectivity index (χ1n) is 2.68. The summed E-state index contributed by atoms with van der Waals surface area (Å²) in [5.74, 6) is 0. The highest BCUT2D eigenvalue weighted by molar-refractivity contribution is 5.52. The van der Waals surface area contributed by atoms with E-state index in [9.17, 15) is 0 Å². The van der Waals surface area contributed by atoms with Crippen LogP contribution in [-0.2, 0) is 0 Å². The van der Waals surface area contributed by atoms with Gasteiger partial charge >= 0.3 is 0 Å². The van der Waals surface area contributed by atoms with Gasteiger partial charge < -0.3 is 5.41 Å². The molecule has 0 aromatic heterocycles. The van der Waals surface area contributed by atoms with E-state index < -0.39 is 0 Å². The summed E-state index contributed by atoms with van der Waals surface area (Å²) in [6, 6.07) is 2.04. The molecule has 8 heavy (non-hydrogen) atoms. The van der Waals surface area contributed by atoms with Gasteiger partial charge in [0.25, 0.3) is 0 Å². The summed E-state index contributed by atoms with van der Waals surface area (Å²) in [7, 11) is 0. The van der Waals surface area contributed by atoms with Crippen LogP contribution in [0.15, 0.2) is 0 Å². The van der Waals surface area contributed by atoms with Gasteiger partial charge in [0, 0.05) is 6.42 Å². The van der Waals surface area contributed by atoms with E-state index in [1.165, 1.54) is 0 Å². The zero-order chi connectivity index (χ0) is 6.24. The Bertz CT molecular complexity index is 91.2. The first-order valence-corrected chi connectivity index (χ1v) is 2.68. The standard InChI is InChI=1S/C6H9N2/c7-5-3-1-2-4-6-8/h7H,1-4H2. The maximum atomic E-state index is 8.05. The smallest absolute Gasteiger partial charge is 0.0621 e. The molecule has 0 aromatic carbocycles. The van der Waals surface area contributed by atoms with Gasteiger partial charge in [0.2, 0.25) is 0 Å². The van der Waals surface area contributed by atoms with Gasteiger partial charge in [0.15, 0.2) is 0 Å². The molecule has 0 heterocycles. The average Bonchev–Trinajstić information content (AvgIpc) is 1.81. The third kappa shape index (κ3) is 5.16. The van der Waals surface area contributed by atoms with Gasteiger partial charge in [-0.05, 0) is 19.3 Å². The second-order valence-corrected chi connectivity index (χ2v) is 1.54. The number of hydrogen-bond donors (Lipinski definition) is 1. The van der Waals surface area contributed by atoms with E-state index in [1.54, 1.807) is 0 Å². The molecule has 0 aromatic rings. The van der Waals surface area contributed by atoms with Crippen LogP contribution in [0.4, 0.5) is 0 Å². The highest BCUT2D eigenvalue weighted by atomic mass is 14.3. The Labute approximate surface area is 49.6 Å². The van der Waals surface area contributed by atoms with Gasteiger partial charge in [-0.15, -0.1) is 0 Å². The van der Waals surface area contributed by atoms with Crippen LogP contribution >= 0.6 is 0 Å². The zero-order valence-electron chi connectivity index (χ0n) is 4.78. The molecule has 0 saturated carbocycles. The predicted octanol–water partition coefficient (Wildman–Crippen LogP) is 1.60. The molecule has 0 spiro atoms. The Hall–Kier alpha value is -0.840. The quantitative estimate of drug-likeness (QED) is 0.432. The lowest BCUT2D eigenvalue weighted by Gasteiger charge is -1.85. The predicted molar refractivity (Wildman–Crippen MR) is 31.8 cm³/mol. The van der Waals surface area contributed by atoms with E-state index in [0.717, 1.165) is 12.8 Å². The molecule has 1 radical (unpaired) electrons.